The van der Waals surface area contributed by atoms with E-state index in [1.807, 2.05) is 80.6 Å². The van der Waals surface area contributed by atoms with E-state index in [9.17, 15) is 4.79 Å². The molecule has 1 aliphatic heterocycles. The predicted molar refractivity (Wildman–Crippen MR) is 107 cm³/mol. The van der Waals surface area contributed by atoms with Gasteiger partial charge in [-0.05, 0) is 42.8 Å². The first-order chi connectivity index (χ1) is 13.1. The van der Waals surface area contributed by atoms with Gasteiger partial charge in [0.15, 0.2) is 5.70 Å². The number of nitrogens with zero attached hydrogens (tertiary/aromatic N) is 1. The highest BCUT2D eigenvalue weighted by atomic mass is 16.6. The Morgan fingerprint density at radius 2 is 1.70 bits per heavy atom. The minimum atomic E-state index is -0.461. The molecule has 4 rings (SSSR count). The molecule has 1 aliphatic rings. The van der Waals surface area contributed by atoms with Crippen molar-refractivity contribution < 1.29 is 14.3 Å². The van der Waals surface area contributed by atoms with Crippen molar-refractivity contribution in [3.8, 4) is 5.75 Å². The molecule has 4 heteroatoms. The van der Waals surface area contributed by atoms with Gasteiger partial charge in [0.1, 0.15) is 5.75 Å². The van der Waals surface area contributed by atoms with Crippen molar-refractivity contribution in [1.82, 2.24) is 0 Å². The number of benzene rings is 3. The second-order valence-corrected chi connectivity index (χ2v) is 6.57. The van der Waals surface area contributed by atoms with E-state index >= 15 is 0 Å². The van der Waals surface area contributed by atoms with Crippen LogP contribution in [0.3, 0.4) is 0 Å². The van der Waals surface area contributed by atoms with Crippen molar-refractivity contribution in [2.45, 2.75) is 20.0 Å². The number of cyclic esters (lactones) is 1. The van der Waals surface area contributed by atoms with Crippen LogP contribution in [0.2, 0.25) is 0 Å². The Bertz CT molecular complexity index is 1070. The predicted octanol–water partition coefficient (Wildman–Crippen LogP) is 4.97. The summed E-state index contributed by atoms with van der Waals surface area (Å²) in [7, 11) is 0. The van der Waals surface area contributed by atoms with E-state index < -0.39 is 5.97 Å². The summed E-state index contributed by atoms with van der Waals surface area (Å²) in [6, 6.07) is 21.4. The number of hydrogen-bond donors (Lipinski definition) is 0. The maximum Gasteiger partial charge on any atom is 0.363 e. The third kappa shape index (κ3) is 3.47. The van der Waals surface area contributed by atoms with Crippen LogP contribution in [0, 0.1) is 0 Å². The van der Waals surface area contributed by atoms with Gasteiger partial charge < -0.3 is 9.47 Å². The number of fused-ring (bicyclic) bond motifs is 1. The summed E-state index contributed by atoms with van der Waals surface area (Å²) in [5, 5.41) is 2.07. The van der Waals surface area contributed by atoms with Crippen LogP contribution in [0.25, 0.3) is 16.8 Å². The van der Waals surface area contributed by atoms with Crippen LogP contribution in [0.1, 0.15) is 25.0 Å². The second-order valence-electron chi connectivity index (χ2n) is 6.57. The molecule has 0 bridgehead atoms. The fourth-order valence-corrected chi connectivity index (χ4v) is 3.04. The molecule has 27 heavy (non-hydrogen) atoms. The van der Waals surface area contributed by atoms with E-state index in [1.165, 1.54) is 0 Å². The van der Waals surface area contributed by atoms with Gasteiger partial charge in [0.05, 0.1) is 6.10 Å². The van der Waals surface area contributed by atoms with E-state index in [0.29, 0.717) is 11.6 Å². The molecular weight excluding hydrogens is 338 g/mol. The topological polar surface area (TPSA) is 47.9 Å². The molecule has 3 aromatic carbocycles. The number of rotatable bonds is 4. The van der Waals surface area contributed by atoms with Crippen LogP contribution in [0.4, 0.5) is 0 Å². The molecule has 4 nitrogen and oxygen atoms in total. The minimum absolute atomic E-state index is 0.0369. The molecule has 0 spiro atoms. The van der Waals surface area contributed by atoms with Crippen molar-refractivity contribution in [3.05, 3.63) is 83.6 Å². The van der Waals surface area contributed by atoms with Crippen molar-refractivity contribution in [1.29, 1.82) is 0 Å². The normalized spacial score (nSPS) is 15.3. The van der Waals surface area contributed by atoms with Gasteiger partial charge in [0.2, 0.25) is 5.90 Å². The molecule has 0 saturated carbocycles. The number of carbonyl (C=O) groups excluding carboxylic acids is 1. The second kappa shape index (κ2) is 7.08. The van der Waals surface area contributed by atoms with E-state index in [4.69, 9.17) is 9.47 Å². The lowest BCUT2D eigenvalue weighted by Crippen LogP contribution is -2.07. The third-order valence-electron chi connectivity index (χ3n) is 4.21. The Balaban J connectivity index is 1.75. The summed E-state index contributed by atoms with van der Waals surface area (Å²) >= 11 is 0. The van der Waals surface area contributed by atoms with Crippen LogP contribution in [-0.2, 0) is 9.53 Å². The number of para-hydroxylation sites is 1. The van der Waals surface area contributed by atoms with Crippen LogP contribution in [0.5, 0.6) is 5.75 Å². The average Bonchev–Trinajstić information content (AvgIpc) is 3.03. The largest absolute Gasteiger partial charge is 0.490 e. The number of esters is 1. The molecule has 1 heterocycles. The van der Waals surface area contributed by atoms with Crippen LogP contribution < -0.4 is 4.74 Å². The van der Waals surface area contributed by atoms with Gasteiger partial charge in [-0.15, -0.1) is 0 Å². The first-order valence-corrected chi connectivity index (χ1v) is 8.88. The van der Waals surface area contributed by atoms with E-state index in [1.54, 1.807) is 6.08 Å². The zero-order chi connectivity index (χ0) is 18.8. The number of ether oxygens (including phenoxy) is 2. The van der Waals surface area contributed by atoms with E-state index in [-0.39, 0.29) is 11.8 Å². The Morgan fingerprint density at radius 3 is 2.56 bits per heavy atom. The molecular formula is C23H19NO3. The highest BCUT2D eigenvalue weighted by molar-refractivity contribution is 6.17. The van der Waals surface area contributed by atoms with Crippen molar-refractivity contribution >= 4 is 28.7 Å². The van der Waals surface area contributed by atoms with Crippen molar-refractivity contribution in [2.75, 3.05) is 0 Å². The average molecular weight is 357 g/mol. The monoisotopic (exact) mass is 357 g/mol. The molecule has 0 radical (unpaired) electrons. The molecule has 0 unspecified atom stereocenters. The molecule has 0 amide bonds. The summed E-state index contributed by atoms with van der Waals surface area (Å²) in [5.74, 6) is 0.573. The smallest absolute Gasteiger partial charge is 0.363 e. The summed E-state index contributed by atoms with van der Waals surface area (Å²) in [5.41, 5.74) is 1.86. The molecule has 0 N–H and O–H groups in total. The summed E-state index contributed by atoms with van der Waals surface area (Å²) in [6.45, 7) is 3.93. The summed E-state index contributed by atoms with van der Waals surface area (Å²) in [6.07, 6.45) is 1.74. The third-order valence-corrected chi connectivity index (χ3v) is 4.21. The number of carbonyl (C=O) groups is 1. The molecule has 134 valence electrons. The molecule has 0 atom stereocenters. The van der Waals surface area contributed by atoms with Gasteiger partial charge >= 0.3 is 5.97 Å². The first-order valence-electron chi connectivity index (χ1n) is 8.88. The van der Waals surface area contributed by atoms with Crippen LogP contribution >= 0.6 is 0 Å². The lowest BCUT2D eigenvalue weighted by atomic mass is 10.0. The van der Waals surface area contributed by atoms with E-state index in [2.05, 4.69) is 4.99 Å². The van der Waals surface area contributed by atoms with E-state index in [0.717, 1.165) is 21.9 Å². The van der Waals surface area contributed by atoms with Crippen molar-refractivity contribution in [2.24, 2.45) is 4.99 Å². The molecule has 0 saturated heterocycles. The molecule has 0 fully saturated rings. The van der Waals surface area contributed by atoms with Gasteiger partial charge in [0, 0.05) is 11.1 Å². The Labute approximate surface area is 157 Å². The standard InChI is InChI=1S/C23H19NO3/c1-15(2)26-21-13-6-4-9-17(21)14-20-23(25)27-22(24-20)19-12-7-10-16-8-3-5-11-18(16)19/h3-15H,1-2H3. The quantitative estimate of drug-likeness (QED) is 0.489. The Kier molecular flexibility index (Phi) is 4.47. The Morgan fingerprint density at radius 1 is 0.963 bits per heavy atom. The lowest BCUT2D eigenvalue weighted by Gasteiger charge is -2.12. The Hall–Kier alpha value is -3.40. The zero-order valence-corrected chi connectivity index (χ0v) is 15.2. The number of hydrogen-bond acceptors (Lipinski definition) is 4. The first kappa shape index (κ1) is 17.0. The van der Waals surface area contributed by atoms with Gasteiger partial charge in [-0.25, -0.2) is 9.79 Å². The SMILES string of the molecule is CC(C)Oc1ccccc1C=C1N=C(c2cccc3ccccc23)OC1=O. The highest BCUT2D eigenvalue weighted by Crippen LogP contribution is 2.27. The van der Waals surface area contributed by atoms with Gasteiger partial charge in [-0.2, -0.15) is 0 Å². The minimum Gasteiger partial charge on any atom is -0.490 e. The van der Waals surface area contributed by atoms with Crippen molar-refractivity contribution in [3.63, 3.8) is 0 Å². The van der Waals surface area contributed by atoms with Crippen LogP contribution in [-0.4, -0.2) is 18.0 Å². The fraction of sp³-hybridized carbons (Fsp3) is 0.130. The van der Waals surface area contributed by atoms with Gasteiger partial charge in [-0.1, -0.05) is 54.6 Å². The van der Waals surface area contributed by atoms with Gasteiger partial charge in [-0.3, -0.25) is 0 Å². The van der Waals surface area contributed by atoms with Gasteiger partial charge in [0.25, 0.3) is 0 Å². The number of aliphatic imine (C=N–C) groups is 1. The highest BCUT2D eigenvalue weighted by Gasteiger charge is 2.25. The summed E-state index contributed by atoms with van der Waals surface area (Å²) in [4.78, 5) is 16.8. The summed E-state index contributed by atoms with van der Waals surface area (Å²) < 4.78 is 11.3. The molecule has 0 aromatic heterocycles. The maximum absolute atomic E-state index is 12.4. The fourth-order valence-electron chi connectivity index (χ4n) is 3.04. The zero-order valence-electron chi connectivity index (χ0n) is 15.2. The lowest BCUT2D eigenvalue weighted by molar-refractivity contribution is -0.129. The van der Waals surface area contributed by atoms with Crippen LogP contribution in [0.15, 0.2) is 77.4 Å². The molecule has 0 aliphatic carbocycles. The molecule has 3 aromatic rings. The maximum atomic E-state index is 12.4.